The molecule has 10 heteroatoms. The van der Waals surface area contributed by atoms with Crippen molar-refractivity contribution in [1.82, 2.24) is 19.7 Å². The van der Waals surface area contributed by atoms with E-state index in [1.54, 1.807) is 18.3 Å². The van der Waals surface area contributed by atoms with Gasteiger partial charge in [-0.05, 0) is 42.2 Å². The number of anilines is 2. The van der Waals surface area contributed by atoms with Crippen LogP contribution >= 0.6 is 0 Å². The molecule has 31 heavy (non-hydrogen) atoms. The largest absolute Gasteiger partial charge is 0.480 e. The average Bonchev–Trinajstić information content (AvgIpc) is 3.08. The number of hydrogen-bond donors (Lipinski definition) is 2. The molecule has 0 aliphatic carbocycles. The summed E-state index contributed by atoms with van der Waals surface area (Å²) in [5, 5.41) is 16.6. The van der Waals surface area contributed by atoms with Crippen LogP contribution in [-0.4, -0.2) is 30.8 Å². The zero-order valence-corrected chi connectivity index (χ0v) is 17.4. The molecule has 3 rings (SSSR count). The van der Waals surface area contributed by atoms with Gasteiger partial charge in [-0.15, -0.1) is 0 Å². The van der Waals surface area contributed by atoms with E-state index in [2.05, 4.69) is 20.4 Å². The number of nitrogens with one attached hydrogen (secondary N) is 1. The van der Waals surface area contributed by atoms with Crippen LogP contribution in [0.1, 0.15) is 37.9 Å². The molecule has 0 saturated heterocycles. The second-order valence-corrected chi connectivity index (χ2v) is 8.28. The van der Waals surface area contributed by atoms with Crippen LogP contribution in [0.15, 0.2) is 42.9 Å². The van der Waals surface area contributed by atoms with E-state index in [1.165, 1.54) is 10.9 Å². The Morgan fingerprint density at radius 3 is 2.48 bits per heavy atom. The summed E-state index contributed by atoms with van der Waals surface area (Å²) in [5.41, 5.74) is 0.494. The lowest BCUT2D eigenvalue weighted by Gasteiger charge is -2.27. The van der Waals surface area contributed by atoms with Gasteiger partial charge in [0.05, 0.1) is 17.5 Å². The van der Waals surface area contributed by atoms with Crippen LogP contribution in [0.2, 0.25) is 0 Å². The van der Waals surface area contributed by atoms with Gasteiger partial charge < -0.3 is 10.4 Å². The third-order valence-electron chi connectivity index (χ3n) is 4.53. The number of nitrogens with zero attached hydrogens (tertiary/aromatic N) is 4. The average molecular weight is 433 g/mol. The number of carboxylic acids is 1. The molecule has 2 N–H and O–H groups in total. The fourth-order valence-corrected chi connectivity index (χ4v) is 3.18. The number of carboxylic acid groups (broad SMARTS) is 1. The highest BCUT2D eigenvalue weighted by atomic mass is 19.4. The number of aliphatic carboxylic acids is 1. The van der Waals surface area contributed by atoms with Crippen molar-refractivity contribution in [2.24, 2.45) is 5.41 Å². The maximum atomic E-state index is 12.9. The predicted octanol–water partition coefficient (Wildman–Crippen LogP) is 5.08. The van der Waals surface area contributed by atoms with Gasteiger partial charge in [-0.3, -0.25) is 4.68 Å². The second kappa shape index (κ2) is 8.01. The van der Waals surface area contributed by atoms with Crippen LogP contribution in [0.3, 0.4) is 0 Å². The summed E-state index contributed by atoms with van der Waals surface area (Å²) in [6.45, 7) is 7.24. The number of aromatic nitrogens is 4. The quantitative estimate of drug-likeness (QED) is 0.583. The summed E-state index contributed by atoms with van der Waals surface area (Å²) in [6.07, 6.45) is -0.300. The van der Waals surface area contributed by atoms with Gasteiger partial charge in [0.25, 0.3) is 0 Å². The molecule has 0 radical (unpaired) electrons. The third kappa shape index (κ3) is 5.19. The molecule has 0 fully saturated rings. The van der Waals surface area contributed by atoms with Crippen molar-refractivity contribution in [1.29, 1.82) is 0 Å². The number of carbonyl (C=O) groups is 1. The number of rotatable bonds is 5. The Hall–Kier alpha value is -3.43. The van der Waals surface area contributed by atoms with Crippen molar-refractivity contribution < 1.29 is 23.1 Å². The standard InChI is InChI=1S/C21H22F3N5O2/c1-12-7-15(13-10-26-29(11-13)18(19(30)31)20(2,3)4)27-17(8-12)28-16-9-14(5-6-25-16)21(22,23)24/h5-11,18H,1-4H3,(H,30,31)(H,25,27,28). The molecule has 3 aromatic heterocycles. The maximum Gasteiger partial charge on any atom is 0.416 e. The Morgan fingerprint density at radius 2 is 1.87 bits per heavy atom. The smallest absolute Gasteiger partial charge is 0.416 e. The number of pyridine rings is 2. The first-order valence-electron chi connectivity index (χ1n) is 9.41. The van der Waals surface area contributed by atoms with Gasteiger partial charge in [-0.2, -0.15) is 18.3 Å². The summed E-state index contributed by atoms with van der Waals surface area (Å²) in [4.78, 5) is 20.1. The highest BCUT2D eigenvalue weighted by Crippen LogP contribution is 2.33. The normalized spacial score (nSPS) is 13.1. The van der Waals surface area contributed by atoms with Crippen molar-refractivity contribution in [3.63, 3.8) is 0 Å². The zero-order chi connectivity index (χ0) is 23.0. The van der Waals surface area contributed by atoms with Gasteiger partial charge in [0.1, 0.15) is 11.6 Å². The van der Waals surface area contributed by atoms with E-state index in [0.29, 0.717) is 17.1 Å². The van der Waals surface area contributed by atoms with Crippen molar-refractivity contribution in [3.8, 4) is 11.3 Å². The van der Waals surface area contributed by atoms with Gasteiger partial charge in [-0.1, -0.05) is 20.8 Å². The maximum absolute atomic E-state index is 12.9. The molecule has 3 aromatic rings. The van der Waals surface area contributed by atoms with Crippen LogP contribution in [-0.2, 0) is 11.0 Å². The van der Waals surface area contributed by atoms with E-state index >= 15 is 0 Å². The molecule has 0 amide bonds. The highest BCUT2D eigenvalue weighted by molar-refractivity contribution is 5.73. The first kappa shape index (κ1) is 22.3. The molecule has 164 valence electrons. The molecular formula is C21H22F3N5O2. The molecule has 0 aromatic carbocycles. The topological polar surface area (TPSA) is 92.9 Å². The lowest BCUT2D eigenvalue weighted by Crippen LogP contribution is -2.31. The molecule has 0 aliphatic rings. The van der Waals surface area contributed by atoms with Crippen LogP contribution in [0.4, 0.5) is 24.8 Å². The van der Waals surface area contributed by atoms with Crippen LogP contribution < -0.4 is 5.32 Å². The fraction of sp³-hybridized carbons (Fsp3) is 0.333. The molecule has 0 aliphatic heterocycles. The molecule has 3 heterocycles. The number of alkyl halides is 3. The second-order valence-electron chi connectivity index (χ2n) is 8.28. The first-order chi connectivity index (χ1) is 14.3. The van der Waals surface area contributed by atoms with E-state index in [4.69, 9.17) is 0 Å². The van der Waals surface area contributed by atoms with E-state index in [9.17, 15) is 23.1 Å². The lowest BCUT2D eigenvalue weighted by molar-refractivity contribution is -0.144. The van der Waals surface area contributed by atoms with Crippen molar-refractivity contribution in [2.75, 3.05) is 5.32 Å². The van der Waals surface area contributed by atoms with Crippen molar-refractivity contribution >= 4 is 17.6 Å². The van der Waals surface area contributed by atoms with Gasteiger partial charge in [0, 0.05) is 18.0 Å². The lowest BCUT2D eigenvalue weighted by atomic mass is 9.87. The monoisotopic (exact) mass is 433 g/mol. The van der Waals surface area contributed by atoms with Crippen LogP contribution in [0, 0.1) is 12.3 Å². The summed E-state index contributed by atoms with van der Waals surface area (Å²) < 4.78 is 40.2. The molecular weight excluding hydrogens is 411 g/mol. The first-order valence-corrected chi connectivity index (χ1v) is 9.41. The molecule has 0 spiro atoms. The third-order valence-corrected chi connectivity index (χ3v) is 4.53. The van der Waals surface area contributed by atoms with E-state index in [0.717, 1.165) is 23.9 Å². The van der Waals surface area contributed by atoms with Crippen LogP contribution in [0.25, 0.3) is 11.3 Å². The van der Waals surface area contributed by atoms with Gasteiger partial charge >= 0.3 is 12.1 Å². The minimum Gasteiger partial charge on any atom is -0.480 e. The summed E-state index contributed by atoms with van der Waals surface area (Å²) in [7, 11) is 0. The number of halogens is 3. The Kier molecular flexibility index (Phi) is 5.75. The van der Waals surface area contributed by atoms with E-state index in [1.807, 2.05) is 27.7 Å². The Bertz CT molecular complexity index is 1100. The molecule has 0 bridgehead atoms. The summed E-state index contributed by atoms with van der Waals surface area (Å²) in [6, 6.07) is 4.37. The SMILES string of the molecule is Cc1cc(Nc2cc(C(F)(F)F)ccn2)nc(-c2cnn(C(C(=O)O)C(C)(C)C)c2)c1. The zero-order valence-electron chi connectivity index (χ0n) is 17.4. The summed E-state index contributed by atoms with van der Waals surface area (Å²) in [5.74, 6) is -0.689. The number of hydrogen-bond acceptors (Lipinski definition) is 5. The minimum atomic E-state index is -4.48. The van der Waals surface area contributed by atoms with E-state index < -0.39 is 29.2 Å². The summed E-state index contributed by atoms with van der Waals surface area (Å²) >= 11 is 0. The van der Waals surface area contributed by atoms with Crippen molar-refractivity contribution in [2.45, 2.75) is 39.9 Å². The molecule has 7 nitrogen and oxygen atoms in total. The Balaban J connectivity index is 1.92. The molecule has 1 atom stereocenters. The van der Waals surface area contributed by atoms with Gasteiger partial charge in [0.2, 0.25) is 0 Å². The van der Waals surface area contributed by atoms with Gasteiger partial charge in [-0.25, -0.2) is 14.8 Å². The fourth-order valence-electron chi connectivity index (χ4n) is 3.18. The Morgan fingerprint density at radius 1 is 1.16 bits per heavy atom. The van der Waals surface area contributed by atoms with E-state index in [-0.39, 0.29) is 5.82 Å². The minimum absolute atomic E-state index is 0.00763. The van der Waals surface area contributed by atoms with Gasteiger partial charge in [0.15, 0.2) is 6.04 Å². The number of aryl methyl sites for hydroxylation is 1. The molecule has 1 unspecified atom stereocenters. The molecule has 0 saturated carbocycles. The predicted molar refractivity (Wildman–Crippen MR) is 109 cm³/mol. The Labute approximate surface area is 177 Å². The van der Waals surface area contributed by atoms with Crippen LogP contribution in [0.5, 0.6) is 0 Å². The highest BCUT2D eigenvalue weighted by Gasteiger charge is 2.34. The van der Waals surface area contributed by atoms with Crippen molar-refractivity contribution in [3.05, 3.63) is 54.0 Å².